The molecule has 0 aliphatic rings. The molecule has 0 aliphatic carbocycles. The molecule has 1 heterocycles. The van der Waals surface area contributed by atoms with E-state index in [1.54, 1.807) is 0 Å². The Bertz CT molecular complexity index is 372. The van der Waals surface area contributed by atoms with Crippen LogP contribution in [0.5, 0.6) is 0 Å². The molecule has 0 spiro atoms. The van der Waals surface area contributed by atoms with Crippen molar-refractivity contribution in [2.45, 2.75) is 39.5 Å². The molecule has 18 heavy (non-hydrogen) atoms. The molecule has 2 nitrogen and oxygen atoms in total. The number of halogens is 1. The maximum atomic E-state index is 5.74. The zero-order chi connectivity index (χ0) is 13.8. The maximum Gasteiger partial charge on any atom is 0.0285 e. The highest BCUT2D eigenvalue weighted by Gasteiger charge is 2.22. The average molecular weight is 333 g/mol. The lowest BCUT2D eigenvalue weighted by molar-refractivity contribution is 0.331. The van der Waals surface area contributed by atoms with Crippen molar-refractivity contribution in [3.63, 3.8) is 0 Å². The molecule has 0 atom stereocenters. The predicted octanol–water partition coefficient (Wildman–Crippen LogP) is 3.75. The van der Waals surface area contributed by atoms with Crippen molar-refractivity contribution < 1.29 is 0 Å². The van der Waals surface area contributed by atoms with E-state index in [0.717, 1.165) is 26.1 Å². The Balaban J connectivity index is 2.39. The van der Waals surface area contributed by atoms with E-state index in [0.29, 0.717) is 0 Å². The van der Waals surface area contributed by atoms with E-state index in [9.17, 15) is 0 Å². The van der Waals surface area contributed by atoms with Gasteiger partial charge in [-0.25, -0.2) is 0 Å². The van der Waals surface area contributed by atoms with Gasteiger partial charge in [0.1, 0.15) is 0 Å². The molecule has 4 heteroatoms. The molecule has 0 bridgehead atoms. The second-order valence-electron chi connectivity index (χ2n) is 6.31. The van der Waals surface area contributed by atoms with Crippen molar-refractivity contribution in [1.29, 1.82) is 0 Å². The first kappa shape index (κ1) is 16.2. The van der Waals surface area contributed by atoms with E-state index in [1.165, 1.54) is 9.35 Å². The van der Waals surface area contributed by atoms with Gasteiger partial charge in [0.2, 0.25) is 0 Å². The van der Waals surface area contributed by atoms with E-state index < -0.39 is 0 Å². The van der Waals surface area contributed by atoms with Crippen molar-refractivity contribution in [3.05, 3.63) is 20.8 Å². The fourth-order valence-corrected chi connectivity index (χ4v) is 3.24. The Morgan fingerprint density at radius 3 is 2.50 bits per heavy atom. The van der Waals surface area contributed by atoms with E-state index >= 15 is 0 Å². The van der Waals surface area contributed by atoms with E-state index in [2.05, 4.69) is 60.4 Å². The van der Waals surface area contributed by atoms with E-state index in [4.69, 9.17) is 5.73 Å². The standard InChI is InChI=1S/C14H25BrN2S/c1-13(2,9-16)5-6-17-10-14(3,4)12-7-11(15)8-18-12/h7-8,17H,5-6,9-10,16H2,1-4H3. The Hall–Kier alpha value is 0.1000. The molecule has 0 amide bonds. The minimum absolute atomic E-state index is 0.184. The number of hydrogen-bond donors (Lipinski definition) is 2. The number of nitrogens with one attached hydrogen (secondary N) is 1. The highest BCUT2D eigenvalue weighted by atomic mass is 79.9. The molecule has 0 radical (unpaired) electrons. The lowest BCUT2D eigenvalue weighted by Crippen LogP contribution is -2.35. The topological polar surface area (TPSA) is 38.0 Å². The minimum Gasteiger partial charge on any atom is -0.330 e. The number of nitrogens with two attached hydrogens (primary N) is 1. The summed E-state index contributed by atoms with van der Waals surface area (Å²) in [5.74, 6) is 0. The van der Waals surface area contributed by atoms with E-state index in [1.807, 2.05) is 11.3 Å². The average Bonchev–Trinajstić information content (AvgIpc) is 2.72. The predicted molar refractivity (Wildman–Crippen MR) is 85.4 cm³/mol. The Kier molecular flexibility index (Phi) is 5.84. The molecule has 0 aromatic carbocycles. The zero-order valence-corrected chi connectivity index (χ0v) is 14.2. The summed E-state index contributed by atoms with van der Waals surface area (Å²) in [5, 5.41) is 5.71. The first-order valence-corrected chi connectivity index (χ1v) is 8.09. The summed E-state index contributed by atoms with van der Waals surface area (Å²) in [5.41, 5.74) is 6.16. The van der Waals surface area contributed by atoms with Crippen LogP contribution in [-0.4, -0.2) is 19.6 Å². The van der Waals surface area contributed by atoms with Crippen LogP contribution in [0.2, 0.25) is 0 Å². The second-order valence-corrected chi connectivity index (χ2v) is 8.14. The van der Waals surface area contributed by atoms with Crippen LogP contribution in [0.25, 0.3) is 0 Å². The number of hydrogen-bond acceptors (Lipinski definition) is 3. The molecule has 1 aromatic rings. The monoisotopic (exact) mass is 332 g/mol. The van der Waals surface area contributed by atoms with Gasteiger partial charge in [-0.05, 0) is 46.9 Å². The molecular formula is C14H25BrN2S. The van der Waals surface area contributed by atoms with Gasteiger partial charge in [-0.1, -0.05) is 27.7 Å². The van der Waals surface area contributed by atoms with Crippen LogP contribution in [0.4, 0.5) is 0 Å². The highest BCUT2D eigenvalue weighted by molar-refractivity contribution is 9.10. The van der Waals surface area contributed by atoms with Gasteiger partial charge in [0.05, 0.1) is 0 Å². The van der Waals surface area contributed by atoms with Gasteiger partial charge in [-0.3, -0.25) is 0 Å². The van der Waals surface area contributed by atoms with Crippen molar-refractivity contribution in [3.8, 4) is 0 Å². The van der Waals surface area contributed by atoms with Crippen LogP contribution >= 0.6 is 27.3 Å². The van der Waals surface area contributed by atoms with Gasteiger partial charge < -0.3 is 11.1 Å². The maximum absolute atomic E-state index is 5.74. The fourth-order valence-electron chi connectivity index (χ4n) is 1.68. The zero-order valence-electron chi connectivity index (χ0n) is 11.8. The normalized spacial score (nSPS) is 13.0. The molecule has 1 rings (SSSR count). The summed E-state index contributed by atoms with van der Waals surface area (Å²) >= 11 is 5.34. The molecular weight excluding hydrogens is 308 g/mol. The number of thiophene rings is 1. The smallest absolute Gasteiger partial charge is 0.0285 e. The largest absolute Gasteiger partial charge is 0.330 e. The summed E-state index contributed by atoms with van der Waals surface area (Å²) in [4.78, 5) is 1.42. The van der Waals surface area contributed by atoms with Gasteiger partial charge >= 0.3 is 0 Å². The van der Waals surface area contributed by atoms with Crippen molar-refractivity contribution in [2.24, 2.45) is 11.1 Å². The van der Waals surface area contributed by atoms with Crippen LogP contribution < -0.4 is 11.1 Å². The Morgan fingerprint density at radius 2 is 2.00 bits per heavy atom. The fraction of sp³-hybridized carbons (Fsp3) is 0.714. The molecule has 3 N–H and O–H groups in total. The molecule has 104 valence electrons. The third-order valence-corrected chi connectivity index (χ3v) is 5.39. The third kappa shape index (κ3) is 5.00. The lowest BCUT2D eigenvalue weighted by Gasteiger charge is -2.26. The van der Waals surface area contributed by atoms with E-state index in [-0.39, 0.29) is 10.8 Å². The van der Waals surface area contributed by atoms with Crippen LogP contribution in [-0.2, 0) is 5.41 Å². The highest BCUT2D eigenvalue weighted by Crippen LogP contribution is 2.31. The molecule has 0 saturated heterocycles. The molecule has 0 unspecified atom stereocenters. The third-order valence-electron chi connectivity index (χ3n) is 3.33. The van der Waals surface area contributed by atoms with Gasteiger partial charge in [0.25, 0.3) is 0 Å². The van der Waals surface area contributed by atoms with Crippen molar-refractivity contribution in [2.75, 3.05) is 19.6 Å². The summed E-state index contributed by atoms with van der Waals surface area (Å²) in [7, 11) is 0. The minimum atomic E-state index is 0.184. The van der Waals surface area contributed by atoms with Crippen molar-refractivity contribution >= 4 is 27.3 Å². The molecule has 0 saturated carbocycles. The van der Waals surface area contributed by atoms with Gasteiger partial charge in [-0.2, -0.15) is 0 Å². The van der Waals surface area contributed by atoms with Crippen LogP contribution in [0.1, 0.15) is 39.0 Å². The summed E-state index contributed by atoms with van der Waals surface area (Å²) in [6.45, 7) is 11.8. The first-order chi connectivity index (χ1) is 8.27. The summed E-state index contributed by atoms with van der Waals surface area (Å²) in [6, 6.07) is 2.22. The van der Waals surface area contributed by atoms with Crippen LogP contribution in [0.3, 0.4) is 0 Å². The SMILES string of the molecule is CC(C)(CN)CCNCC(C)(C)c1cc(Br)cs1. The quantitative estimate of drug-likeness (QED) is 0.746. The van der Waals surface area contributed by atoms with Gasteiger partial charge in [0, 0.05) is 26.7 Å². The number of rotatable bonds is 7. The second kappa shape index (κ2) is 6.51. The molecule has 1 aromatic heterocycles. The molecule has 0 aliphatic heterocycles. The van der Waals surface area contributed by atoms with Gasteiger partial charge in [0.15, 0.2) is 0 Å². The van der Waals surface area contributed by atoms with Crippen LogP contribution in [0, 0.1) is 5.41 Å². The molecule has 0 fully saturated rings. The Morgan fingerprint density at radius 1 is 1.33 bits per heavy atom. The first-order valence-electron chi connectivity index (χ1n) is 6.42. The lowest BCUT2D eigenvalue weighted by atomic mass is 9.88. The van der Waals surface area contributed by atoms with Gasteiger partial charge in [-0.15, -0.1) is 11.3 Å². The summed E-state index contributed by atoms with van der Waals surface area (Å²) < 4.78 is 1.18. The Labute approximate surface area is 123 Å². The van der Waals surface area contributed by atoms with Crippen LogP contribution in [0.15, 0.2) is 15.9 Å². The summed E-state index contributed by atoms with van der Waals surface area (Å²) in [6.07, 6.45) is 1.12. The van der Waals surface area contributed by atoms with Crippen molar-refractivity contribution in [1.82, 2.24) is 5.32 Å².